The fourth-order valence-corrected chi connectivity index (χ4v) is 6.06. The molecule has 6 rings (SSSR count). The minimum Gasteiger partial charge on any atom is -0.393 e. The Hall–Kier alpha value is -4.35. The molecule has 1 saturated carbocycles. The van der Waals surface area contributed by atoms with Crippen molar-refractivity contribution >= 4 is 27.3 Å². The summed E-state index contributed by atoms with van der Waals surface area (Å²) in [7, 11) is -1.68. The molecule has 2 aliphatic rings. The molecule has 5 heterocycles. The molecule has 0 bridgehead atoms. The summed E-state index contributed by atoms with van der Waals surface area (Å²) < 4.78 is 42.4. The first-order valence-electron chi connectivity index (χ1n) is 13.2. The third-order valence-corrected chi connectivity index (χ3v) is 9.18. The highest BCUT2D eigenvalue weighted by molar-refractivity contribution is 7.90. The van der Waals surface area contributed by atoms with Crippen LogP contribution in [0.4, 0.5) is 21.7 Å². The topological polar surface area (TPSA) is 144 Å². The number of aliphatic hydroxyl groups excluding tert-OH is 1. The number of aryl methyl sites for hydroxylation is 1. The van der Waals surface area contributed by atoms with E-state index in [-0.39, 0.29) is 18.1 Å². The average molecular weight is 578 g/mol. The molecule has 0 spiro atoms. The number of nitrogens with one attached hydrogen (secondary N) is 1. The lowest BCUT2D eigenvalue weighted by Gasteiger charge is -2.37. The molecule has 1 aliphatic heterocycles. The van der Waals surface area contributed by atoms with Crippen molar-refractivity contribution in [1.82, 2.24) is 33.9 Å². The minimum atomic E-state index is -3.50. The van der Waals surface area contributed by atoms with Crippen LogP contribution in [0.25, 0.3) is 11.4 Å². The molecule has 14 heteroatoms. The Kier molecular flexibility index (Phi) is 6.92. The SMILES string of the molecule is Cn1cc(C#Cc2cnc(Nc3ccnc(-c4cnn(S(=O)(=O)C5CC5)c4)n3)cc2N2CCC(F)(CO)CC2)cn1. The Morgan fingerprint density at radius 1 is 1.10 bits per heavy atom. The van der Waals surface area contributed by atoms with E-state index in [4.69, 9.17) is 0 Å². The molecule has 4 aromatic rings. The molecule has 212 valence electrons. The summed E-state index contributed by atoms with van der Waals surface area (Å²) >= 11 is 0. The molecule has 2 fully saturated rings. The highest BCUT2D eigenvalue weighted by atomic mass is 32.2. The van der Waals surface area contributed by atoms with E-state index in [0.717, 1.165) is 15.3 Å². The molecular formula is C27H28FN9O3S. The van der Waals surface area contributed by atoms with E-state index >= 15 is 0 Å². The molecular weight excluding hydrogens is 549 g/mol. The number of rotatable bonds is 7. The molecule has 41 heavy (non-hydrogen) atoms. The molecule has 1 saturated heterocycles. The lowest BCUT2D eigenvalue weighted by molar-refractivity contribution is 0.0481. The van der Waals surface area contributed by atoms with Crippen LogP contribution in [-0.2, 0) is 17.1 Å². The summed E-state index contributed by atoms with van der Waals surface area (Å²) in [4.78, 5) is 15.4. The van der Waals surface area contributed by atoms with Crippen LogP contribution < -0.4 is 10.2 Å². The summed E-state index contributed by atoms with van der Waals surface area (Å²) in [6.45, 7) is 0.320. The van der Waals surface area contributed by atoms with Crippen LogP contribution in [0.5, 0.6) is 0 Å². The van der Waals surface area contributed by atoms with Crippen molar-refractivity contribution in [3.8, 4) is 23.2 Å². The maximum absolute atomic E-state index is 14.7. The van der Waals surface area contributed by atoms with Crippen LogP contribution in [0.1, 0.15) is 36.8 Å². The lowest BCUT2D eigenvalue weighted by atomic mass is 9.93. The highest BCUT2D eigenvalue weighted by Gasteiger charge is 2.38. The number of pyridine rings is 1. The van der Waals surface area contributed by atoms with Gasteiger partial charge >= 0.3 is 0 Å². The van der Waals surface area contributed by atoms with Crippen LogP contribution in [0.3, 0.4) is 0 Å². The second-order valence-corrected chi connectivity index (χ2v) is 12.3. The number of halogens is 1. The van der Waals surface area contributed by atoms with Gasteiger partial charge in [0.25, 0.3) is 10.0 Å². The largest absolute Gasteiger partial charge is 0.393 e. The van der Waals surface area contributed by atoms with Gasteiger partial charge in [-0.3, -0.25) is 4.68 Å². The zero-order valence-electron chi connectivity index (χ0n) is 22.3. The molecule has 1 aliphatic carbocycles. The highest BCUT2D eigenvalue weighted by Crippen LogP contribution is 2.33. The molecule has 0 radical (unpaired) electrons. The third kappa shape index (κ3) is 5.77. The zero-order valence-corrected chi connectivity index (χ0v) is 23.1. The van der Waals surface area contributed by atoms with Crippen molar-refractivity contribution in [3.63, 3.8) is 0 Å². The van der Waals surface area contributed by atoms with Crippen LogP contribution in [0.15, 0.2) is 49.3 Å². The minimum absolute atomic E-state index is 0.198. The van der Waals surface area contributed by atoms with Gasteiger partial charge in [-0.25, -0.2) is 27.8 Å². The number of hydrogen-bond acceptors (Lipinski definition) is 10. The van der Waals surface area contributed by atoms with Crippen molar-refractivity contribution in [2.24, 2.45) is 7.05 Å². The van der Waals surface area contributed by atoms with E-state index in [1.807, 2.05) is 24.2 Å². The van der Waals surface area contributed by atoms with Crippen LogP contribution in [0, 0.1) is 11.8 Å². The summed E-state index contributed by atoms with van der Waals surface area (Å²) in [6.07, 6.45) is 11.2. The van der Waals surface area contributed by atoms with Crippen LogP contribution >= 0.6 is 0 Å². The lowest BCUT2D eigenvalue weighted by Crippen LogP contribution is -2.44. The van der Waals surface area contributed by atoms with Gasteiger partial charge in [-0.05, 0) is 18.9 Å². The van der Waals surface area contributed by atoms with E-state index in [1.54, 1.807) is 29.3 Å². The van der Waals surface area contributed by atoms with Crippen molar-refractivity contribution in [2.45, 2.75) is 36.6 Å². The van der Waals surface area contributed by atoms with Gasteiger partial charge in [-0.1, -0.05) is 11.8 Å². The van der Waals surface area contributed by atoms with E-state index < -0.39 is 22.3 Å². The van der Waals surface area contributed by atoms with E-state index in [1.165, 1.54) is 12.4 Å². The number of hydrogen-bond donors (Lipinski definition) is 2. The predicted octanol–water partition coefficient (Wildman–Crippen LogP) is 2.25. The fraction of sp³-hybridized carbons (Fsp3) is 0.370. The molecule has 0 atom stereocenters. The van der Waals surface area contributed by atoms with Crippen LogP contribution in [0.2, 0.25) is 0 Å². The Balaban J connectivity index is 1.27. The van der Waals surface area contributed by atoms with Gasteiger partial charge < -0.3 is 15.3 Å². The van der Waals surface area contributed by atoms with Gasteiger partial charge in [0.2, 0.25) is 0 Å². The Labute approximate surface area is 236 Å². The Bertz CT molecular complexity index is 1750. The van der Waals surface area contributed by atoms with Gasteiger partial charge in [0, 0.05) is 57.6 Å². The van der Waals surface area contributed by atoms with Crippen molar-refractivity contribution in [2.75, 3.05) is 29.9 Å². The monoisotopic (exact) mass is 577 g/mol. The first-order valence-corrected chi connectivity index (χ1v) is 14.7. The number of aliphatic hydroxyl groups is 1. The zero-order chi connectivity index (χ0) is 28.6. The Morgan fingerprint density at radius 2 is 1.90 bits per heavy atom. The third-order valence-electron chi connectivity index (χ3n) is 7.15. The number of alkyl halides is 1. The van der Waals surface area contributed by atoms with Crippen molar-refractivity contribution in [1.29, 1.82) is 0 Å². The second-order valence-electron chi connectivity index (χ2n) is 10.3. The average Bonchev–Trinajstić information content (AvgIpc) is 3.58. The van der Waals surface area contributed by atoms with Gasteiger partial charge in [0.05, 0.1) is 52.8 Å². The molecule has 0 amide bonds. The van der Waals surface area contributed by atoms with E-state index in [2.05, 4.69) is 42.3 Å². The molecule has 0 aromatic carbocycles. The summed E-state index contributed by atoms with van der Waals surface area (Å²) in [5.41, 5.74) is 1.08. The van der Waals surface area contributed by atoms with Crippen LogP contribution in [-0.4, -0.2) is 78.1 Å². The summed E-state index contributed by atoms with van der Waals surface area (Å²) in [5, 5.41) is 20.4. The summed E-state index contributed by atoms with van der Waals surface area (Å²) in [6, 6.07) is 3.51. The number of anilines is 3. The molecule has 0 unspecified atom stereocenters. The van der Waals surface area contributed by atoms with Gasteiger partial charge in [0.15, 0.2) is 5.82 Å². The number of aromatic nitrogens is 7. The summed E-state index contributed by atoms with van der Waals surface area (Å²) in [5.74, 6) is 7.51. The smallest absolute Gasteiger partial charge is 0.256 e. The van der Waals surface area contributed by atoms with E-state index in [0.29, 0.717) is 54.5 Å². The second kappa shape index (κ2) is 10.6. The molecule has 12 nitrogen and oxygen atoms in total. The quantitative estimate of drug-likeness (QED) is 0.314. The van der Waals surface area contributed by atoms with E-state index in [9.17, 15) is 17.9 Å². The first-order chi connectivity index (χ1) is 19.7. The van der Waals surface area contributed by atoms with Gasteiger partial charge in [-0.2, -0.15) is 14.3 Å². The van der Waals surface area contributed by atoms with Crippen molar-refractivity contribution in [3.05, 3.63) is 60.4 Å². The Morgan fingerprint density at radius 3 is 2.61 bits per heavy atom. The fourth-order valence-electron chi connectivity index (χ4n) is 4.58. The molecule has 2 N–H and O–H groups in total. The predicted molar refractivity (Wildman–Crippen MR) is 150 cm³/mol. The van der Waals surface area contributed by atoms with Crippen molar-refractivity contribution < 1.29 is 17.9 Å². The maximum Gasteiger partial charge on any atom is 0.256 e. The first kappa shape index (κ1) is 26.9. The molecule has 4 aromatic heterocycles. The normalized spacial score (nSPS) is 16.7. The van der Waals surface area contributed by atoms with Gasteiger partial charge in [-0.15, -0.1) is 0 Å². The standard InChI is InChI=1S/C27H28FN9O3S/c1-35-16-19(13-31-35)2-3-20-14-30-25(12-23(20)36-10-7-27(28,18-38)8-11-36)33-24-6-9-29-26(34-24)21-15-32-37(17-21)41(39,40)22-4-5-22/h6,9,12-17,22,38H,4-5,7-8,10-11,18H2,1H3,(H,29,30,33,34). The van der Waals surface area contributed by atoms with Gasteiger partial charge in [0.1, 0.15) is 17.3 Å². The number of piperidine rings is 1. The number of nitrogens with zero attached hydrogens (tertiary/aromatic N) is 8. The maximum atomic E-state index is 14.7.